The molecule has 3 rings (SSSR count). The third-order valence-corrected chi connectivity index (χ3v) is 7.13. The monoisotopic (exact) mass is 516 g/mol. The fraction of sp³-hybridized carbons (Fsp3) is 0.400. The molecule has 35 heavy (non-hydrogen) atoms. The number of nitrogens with zero attached hydrogens (tertiary/aromatic N) is 3. The zero-order chi connectivity index (χ0) is 26.0. The van der Waals surface area contributed by atoms with E-state index in [0.29, 0.717) is 17.0 Å². The number of ether oxygens (including phenoxy) is 1. The molecule has 1 fully saturated rings. The molecule has 11 nitrogen and oxygen atoms in total. The number of hydrogen-bond acceptors (Lipinski definition) is 8. The van der Waals surface area contributed by atoms with Crippen LogP contribution in [0.2, 0.25) is 0 Å². The SMILES string of the molecule is COc1ccc(C#CC2=CCN(S(=O)(=O)C[C@]3(C)C(=O)NC(=O)N3OC(=O)C(F)(F)F)CC2)cn1. The highest BCUT2D eigenvalue weighted by Gasteiger charge is 2.57. The van der Waals surface area contributed by atoms with Crippen LogP contribution in [-0.2, 0) is 24.4 Å². The highest BCUT2D eigenvalue weighted by molar-refractivity contribution is 7.89. The van der Waals surface area contributed by atoms with Gasteiger partial charge >= 0.3 is 18.2 Å². The number of hydroxylamine groups is 2. The molecule has 0 bridgehead atoms. The van der Waals surface area contributed by atoms with E-state index in [4.69, 9.17) is 4.74 Å². The van der Waals surface area contributed by atoms with Gasteiger partial charge in [-0.05, 0) is 19.4 Å². The number of pyridine rings is 1. The lowest BCUT2D eigenvalue weighted by atomic mass is 10.1. The zero-order valence-electron chi connectivity index (χ0n) is 18.4. The number of hydrogen-bond donors (Lipinski definition) is 1. The molecule has 2 aliphatic heterocycles. The standard InChI is InChI=1S/C20H19F3N4O7S/c1-19(16(28)25-18(30)27(19)34-17(29)20(21,22)23)12-35(31,32)26-9-7-13(8-10-26)3-4-14-5-6-15(33-2)24-11-14/h5-7,11H,8-10,12H2,1-2H3,(H,25,28,30)/t19-/m1/s1. The molecule has 0 spiro atoms. The van der Waals surface area contributed by atoms with Gasteiger partial charge in [-0.1, -0.05) is 17.9 Å². The average Bonchev–Trinajstić information content (AvgIpc) is 2.99. The van der Waals surface area contributed by atoms with Crippen LogP contribution < -0.4 is 10.1 Å². The minimum Gasteiger partial charge on any atom is -0.481 e. The first-order valence-electron chi connectivity index (χ1n) is 9.90. The van der Waals surface area contributed by atoms with Crippen molar-refractivity contribution in [3.63, 3.8) is 0 Å². The summed E-state index contributed by atoms with van der Waals surface area (Å²) in [5.74, 6) is 1.10. The van der Waals surface area contributed by atoms with Crippen molar-refractivity contribution in [3.8, 4) is 17.7 Å². The molecular weight excluding hydrogens is 497 g/mol. The van der Waals surface area contributed by atoms with Crippen molar-refractivity contribution < 1.29 is 45.5 Å². The number of carbonyl (C=O) groups excluding carboxylic acids is 3. The molecule has 0 radical (unpaired) electrons. The second-order valence-electron chi connectivity index (χ2n) is 7.64. The second kappa shape index (κ2) is 9.55. The van der Waals surface area contributed by atoms with Crippen molar-refractivity contribution in [1.29, 1.82) is 0 Å². The van der Waals surface area contributed by atoms with E-state index in [1.807, 2.05) is 0 Å². The third-order valence-electron chi connectivity index (χ3n) is 5.09. The van der Waals surface area contributed by atoms with E-state index < -0.39 is 45.4 Å². The highest BCUT2D eigenvalue weighted by Crippen LogP contribution is 2.28. The molecule has 1 aromatic heterocycles. The second-order valence-corrected chi connectivity index (χ2v) is 9.61. The number of nitrogens with one attached hydrogen (secondary N) is 1. The van der Waals surface area contributed by atoms with Gasteiger partial charge in [0.2, 0.25) is 15.9 Å². The number of alkyl halides is 3. The van der Waals surface area contributed by atoms with Gasteiger partial charge in [0, 0.05) is 36.5 Å². The molecule has 2 aliphatic rings. The lowest BCUT2D eigenvalue weighted by molar-refractivity contribution is -0.235. The van der Waals surface area contributed by atoms with Gasteiger partial charge in [-0.25, -0.2) is 23.0 Å². The van der Waals surface area contributed by atoms with Crippen molar-refractivity contribution >= 4 is 27.9 Å². The molecule has 0 aromatic carbocycles. The first-order chi connectivity index (χ1) is 16.3. The Morgan fingerprint density at radius 3 is 2.54 bits per heavy atom. The summed E-state index contributed by atoms with van der Waals surface area (Å²) in [5, 5.41) is 1.47. The molecular formula is C20H19F3N4O7S. The summed E-state index contributed by atoms with van der Waals surface area (Å²) in [6, 6.07) is 1.84. The quantitative estimate of drug-likeness (QED) is 0.447. The summed E-state index contributed by atoms with van der Waals surface area (Å²) in [4.78, 5) is 43.4. The van der Waals surface area contributed by atoms with Gasteiger partial charge in [-0.3, -0.25) is 10.1 Å². The van der Waals surface area contributed by atoms with Crippen LogP contribution in [0.1, 0.15) is 18.9 Å². The molecule has 3 heterocycles. The summed E-state index contributed by atoms with van der Waals surface area (Å²) in [6.07, 6.45) is -2.18. The maximum absolute atomic E-state index is 12.9. The number of methoxy groups -OCH3 is 1. The summed E-state index contributed by atoms with van der Waals surface area (Å²) in [6.45, 7) is 0.729. The summed E-state index contributed by atoms with van der Waals surface area (Å²) in [5.41, 5.74) is -1.16. The fourth-order valence-corrected chi connectivity index (χ4v) is 5.00. The summed E-state index contributed by atoms with van der Waals surface area (Å²) >= 11 is 0. The first-order valence-corrected chi connectivity index (χ1v) is 11.5. The van der Waals surface area contributed by atoms with Crippen molar-refractivity contribution in [2.24, 2.45) is 0 Å². The summed E-state index contributed by atoms with van der Waals surface area (Å²) in [7, 11) is -2.82. The van der Waals surface area contributed by atoms with E-state index in [0.717, 1.165) is 11.2 Å². The minimum atomic E-state index is -5.47. The predicted octanol–water partition coefficient (Wildman–Crippen LogP) is 0.735. The van der Waals surface area contributed by atoms with Crippen LogP contribution in [0.5, 0.6) is 5.88 Å². The number of urea groups is 1. The average molecular weight is 516 g/mol. The van der Waals surface area contributed by atoms with Gasteiger partial charge in [0.1, 0.15) is 5.75 Å². The van der Waals surface area contributed by atoms with Gasteiger partial charge in [0.25, 0.3) is 5.91 Å². The van der Waals surface area contributed by atoms with Crippen molar-refractivity contribution in [2.45, 2.75) is 25.1 Å². The van der Waals surface area contributed by atoms with E-state index in [2.05, 4.69) is 21.7 Å². The number of aromatic nitrogens is 1. The third kappa shape index (κ3) is 5.72. The van der Waals surface area contributed by atoms with Crippen LogP contribution >= 0.6 is 0 Å². The van der Waals surface area contributed by atoms with Crippen LogP contribution in [0, 0.1) is 11.8 Å². The van der Waals surface area contributed by atoms with Gasteiger partial charge in [-0.2, -0.15) is 17.5 Å². The largest absolute Gasteiger partial charge is 0.493 e. The molecule has 1 aromatic rings. The number of halogens is 3. The first kappa shape index (κ1) is 26.0. The van der Waals surface area contributed by atoms with E-state index in [1.165, 1.54) is 13.3 Å². The Morgan fingerprint density at radius 1 is 1.29 bits per heavy atom. The Morgan fingerprint density at radius 2 is 2.00 bits per heavy atom. The Labute approximate surface area is 197 Å². The molecule has 3 amide bonds. The van der Waals surface area contributed by atoms with Crippen molar-refractivity contribution in [2.75, 3.05) is 26.0 Å². The molecule has 1 saturated heterocycles. The van der Waals surface area contributed by atoms with E-state index in [-0.39, 0.29) is 24.6 Å². The summed E-state index contributed by atoms with van der Waals surface area (Å²) < 4.78 is 69.5. The molecule has 1 atom stereocenters. The molecule has 15 heteroatoms. The maximum Gasteiger partial charge on any atom is 0.493 e. The van der Waals surface area contributed by atoms with Gasteiger partial charge < -0.3 is 9.57 Å². The topological polar surface area (TPSA) is 135 Å². The van der Waals surface area contributed by atoms with Crippen LogP contribution in [0.15, 0.2) is 30.0 Å². The van der Waals surface area contributed by atoms with Gasteiger partial charge in [-0.15, -0.1) is 5.06 Å². The number of rotatable bonds is 5. The van der Waals surface area contributed by atoms with Crippen molar-refractivity contribution in [3.05, 3.63) is 35.5 Å². The Balaban J connectivity index is 1.72. The number of carbonyl (C=O) groups is 3. The lowest BCUT2D eigenvalue weighted by Crippen LogP contribution is -2.55. The van der Waals surface area contributed by atoms with E-state index >= 15 is 0 Å². The van der Waals surface area contributed by atoms with E-state index in [1.54, 1.807) is 23.5 Å². The van der Waals surface area contributed by atoms with Gasteiger partial charge in [0.05, 0.1) is 7.11 Å². The molecule has 188 valence electrons. The predicted molar refractivity (Wildman–Crippen MR) is 112 cm³/mol. The van der Waals surface area contributed by atoms with Crippen LogP contribution in [0.3, 0.4) is 0 Å². The highest BCUT2D eigenvalue weighted by atomic mass is 32.2. The number of sulfonamides is 1. The number of amides is 3. The van der Waals surface area contributed by atoms with E-state index in [9.17, 15) is 36.0 Å². The van der Waals surface area contributed by atoms with Crippen LogP contribution in [0.4, 0.5) is 18.0 Å². The Bertz CT molecular complexity index is 1240. The maximum atomic E-state index is 12.9. The van der Waals surface area contributed by atoms with Crippen LogP contribution in [-0.4, -0.2) is 78.3 Å². The molecule has 0 unspecified atom stereocenters. The molecule has 0 aliphatic carbocycles. The lowest BCUT2D eigenvalue weighted by Gasteiger charge is -2.32. The van der Waals surface area contributed by atoms with Crippen molar-refractivity contribution in [1.82, 2.24) is 19.7 Å². The normalized spacial score (nSPS) is 21.1. The Hall–Kier alpha value is -3.64. The Kier molecular flexibility index (Phi) is 7.08. The molecule has 1 N–H and O–H groups in total. The molecule has 0 saturated carbocycles. The van der Waals surface area contributed by atoms with Gasteiger partial charge in [0.15, 0.2) is 5.54 Å². The minimum absolute atomic E-state index is 0.0301. The zero-order valence-corrected chi connectivity index (χ0v) is 19.2. The smallest absolute Gasteiger partial charge is 0.481 e. The fourth-order valence-electron chi connectivity index (χ4n) is 3.19. The van der Waals surface area contributed by atoms with Crippen LogP contribution in [0.25, 0.3) is 0 Å². The number of imide groups is 1.